The van der Waals surface area contributed by atoms with Crippen molar-refractivity contribution in [3.8, 4) is 0 Å². The molecule has 0 aromatic carbocycles. The lowest BCUT2D eigenvalue weighted by Gasteiger charge is -2.14. The number of unbranched alkanes of at least 4 members (excludes halogenated alkanes) is 1. The molecule has 0 aromatic rings. The van der Waals surface area contributed by atoms with Crippen LogP contribution in [0.2, 0.25) is 0 Å². The highest BCUT2D eigenvalue weighted by Crippen LogP contribution is 2.07. The number of methoxy groups -OCH3 is 1. The normalized spacial score (nSPS) is 12.8. The molecule has 0 aliphatic heterocycles. The maximum Gasteiger partial charge on any atom is 0.146 e. The number of rotatable bonds is 8. The number of hydrogen-bond donors (Lipinski definition) is 0. The summed E-state index contributed by atoms with van der Waals surface area (Å²) in [7, 11) is 1.61. The molecule has 0 spiro atoms. The van der Waals surface area contributed by atoms with Gasteiger partial charge in [-0.3, -0.25) is 0 Å². The zero-order valence-electron chi connectivity index (χ0n) is 7.91. The summed E-state index contributed by atoms with van der Waals surface area (Å²) in [6.07, 6.45) is 4.65. The number of carbonyl (C=O) groups is 1. The van der Waals surface area contributed by atoms with Gasteiger partial charge in [-0.25, -0.2) is 0 Å². The molecule has 0 fully saturated rings. The van der Waals surface area contributed by atoms with Crippen molar-refractivity contribution in [3.05, 3.63) is 0 Å². The summed E-state index contributed by atoms with van der Waals surface area (Å²) in [6.45, 7) is 2.42. The fourth-order valence-electron chi connectivity index (χ4n) is 0.998. The van der Waals surface area contributed by atoms with E-state index in [1.54, 1.807) is 7.11 Å². The lowest BCUT2D eigenvalue weighted by atomic mass is 10.1. The summed E-state index contributed by atoms with van der Waals surface area (Å²) in [5.74, 6) is 0. The highest BCUT2D eigenvalue weighted by molar-refractivity contribution is 5.48. The Morgan fingerprint density at radius 2 is 2.25 bits per heavy atom. The quantitative estimate of drug-likeness (QED) is 0.319. The predicted octanol–water partition coefficient (Wildman–Crippen LogP) is 1.75. The maximum absolute atomic E-state index is 10.0. The Hall–Kier alpha value is -0.410. The molecular weight excluding hydrogens is 156 g/mol. The average Bonchev–Trinajstić information content (AvgIpc) is 2.11. The summed E-state index contributed by atoms with van der Waals surface area (Å²) < 4.78 is 10.1. The molecule has 0 N–H and O–H groups in total. The summed E-state index contributed by atoms with van der Waals surface area (Å²) in [5, 5.41) is 0. The van der Waals surface area contributed by atoms with Crippen LogP contribution >= 0.6 is 0 Å². The number of aldehydes is 1. The van der Waals surface area contributed by atoms with Gasteiger partial charge in [0.2, 0.25) is 0 Å². The second kappa shape index (κ2) is 8.68. The van der Waals surface area contributed by atoms with Crippen molar-refractivity contribution in [1.29, 1.82) is 0 Å². The van der Waals surface area contributed by atoms with Crippen LogP contribution in [-0.4, -0.2) is 26.3 Å². The molecule has 0 unspecified atom stereocenters. The molecule has 0 aromatic heterocycles. The lowest BCUT2D eigenvalue weighted by molar-refractivity contribution is -0.108. The minimum Gasteiger partial charge on any atom is -0.359 e. The van der Waals surface area contributed by atoms with Gasteiger partial charge in [0.05, 0.1) is 6.10 Å². The van der Waals surface area contributed by atoms with E-state index >= 15 is 0 Å². The summed E-state index contributed by atoms with van der Waals surface area (Å²) in [6, 6.07) is 0. The first-order chi connectivity index (χ1) is 5.85. The summed E-state index contributed by atoms with van der Waals surface area (Å²) in [5.41, 5.74) is 0. The van der Waals surface area contributed by atoms with Crippen LogP contribution in [0.4, 0.5) is 0 Å². The predicted molar refractivity (Wildman–Crippen MR) is 47.0 cm³/mol. The van der Waals surface area contributed by atoms with Crippen LogP contribution in [0.15, 0.2) is 0 Å². The number of carbonyl (C=O) groups excluding carboxylic acids is 1. The smallest absolute Gasteiger partial charge is 0.146 e. The van der Waals surface area contributed by atoms with Crippen LogP contribution in [-0.2, 0) is 14.3 Å². The molecule has 0 rings (SSSR count). The van der Waals surface area contributed by atoms with Crippen LogP contribution < -0.4 is 0 Å². The molecule has 0 radical (unpaired) electrons. The van der Waals surface area contributed by atoms with Gasteiger partial charge in [0, 0.05) is 13.5 Å². The second-order valence-electron chi connectivity index (χ2n) is 2.70. The van der Waals surface area contributed by atoms with E-state index in [-0.39, 0.29) is 6.10 Å². The van der Waals surface area contributed by atoms with Crippen LogP contribution in [0.1, 0.15) is 32.6 Å². The highest BCUT2D eigenvalue weighted by Gasteiger charge is 2.04. The Bertz CT molecular complexity index is 104. The minimum absolute atomic E-state index is 0.241. The Morgan fingerprint density at radius 3 is 2.75 bits per heavy atom. The van der Waals surface area contributed by atoms with E-state index in [4.69, 9.17) is 9.47 Å². The fraction of sp³-hybridized carbons (Fsp3) is 0.889. The molecular formula is C9H18O3. The Balaban J connectivity index is 3.32. The first-order valence-corrected chi connectivity index (χ1v) is 4.39. The van der Waals surface area contributed by atoms with Gasteiger partial charge in [0.1, 0.15) is 13.1 Å². The van der Waals surface area contributed by atoms with Crippen molar-refractivity contribution >= 4 is 6.29 Å². The van der Waals surface area contributed by atoms with Crippen molar-refractivity contribution in [2.24, 2.45) is 0 Å². The molecule has 3 heteroatoms. The minimum atomic E-state index is 0.241. The van der Waals surface area contributed by atoms with Crippen LogP contribution in [0.3, 0.4) is 0 Å². The van der Waals surface area contributed by atoms with Crippen molar-refractivity contribution in [1.82, 2.24) is 0 Å². The zero-order chi connectivity index (χ0) is 9.23. The molecule has 3 nitrogen and oxygen atoms in total. The monoisotopic (exact) mass is 174 g/mol. The van der Waals surface area contributed by atoms with Gasteiger partial charge in [-0.2, -0.15) is 0 Å². The van der Waals surface area contributed by atoms with Crippen LogP contribution in [0.25, 0.3) is 0 Å². The molecule has 0 saturated carbocycles. The van der Waals surface area contributed by atoms with Gasteiger partial charge >= 0.3 is 0 Å². The molecule has 0 bridgehead atoms. The van der Waals surface area contributed by atoms with E-state index in [2.05, 4.69) is 6.92 Å². The Kier molecular flexibility index (Phi) is 8.39. The summed E-state index contributed by atoms with van der Waals surface area (Å²) >= 11 is 0. The molecule has 72 valence electrons. The lowest BCUT2D eigenvalue weighted by Crippen LogP contribution is -2.13. The molecule has 0 amide bonds. The topological polar surface area (TPSA) is 35.5 Å². The molecule has 0 saturated heterocycles. The molecule has 1 atom stereocenters. The molecule has 12 heavy (non-hydrogen) atoms. The highest BCUT2D eigenvalue weighted by atomic mass is 16.7. The van der Waals surface area contributed by atoms with Gasteiger partial charge in [0.15, 0.2) is 0 Å². The Labute approximate surface area is 74.0 Å². The Morgan fingerprint density at radius 1 is 1.50 bits per heavy atom. The van der Waals surface area contributed by atoms with Crippen LogP contribution in [0, 0.1) is 0 Å². The first kappa shape index (κ1) is 11.6. The summed E-state index contributed by atoms with van der Waals surface area (Å²) in [4.78, 5) is 10.0. The van der Waals surface area contributed by atoms with E-state index in [0.29, 0.717) is 13.2 Å². The van der Waals surface area contributed by atoms with Gasteiger partial charge in [-0.1, -0.05) is 6.92 Å². The molecule has 0 heterocycles. The van der Waals surface area contributed by atoms with Gasteiger partial charge < -0.3 is 14.3 Å². The molecule has 0 aliphatic rings. The third-order valence-electron chi connectivity index (χ3n) is 1.73. The van der Waals surface area contributed by atoms with Crippen LogP contribution in [0.5, 0.6) is 0 Å². The first-order valence-electron chi connectivity index (χ1n) is 4.39. The number of ether oxygens (including phenoxy) is 2. The van der Waals surface area contributed by atoms with E-state index in [9.17, 15) is 4.79 Å². The molecule has 0 aliphatic carbocycles. The average molecular weight is 174 g/mol. The second-order valence-corrected chi connectivity index (χ2v) is 2.70. The van der Waals surface area contributed by atoms with Gasteiger partial charge in [-0.05, 0) is 19.3 Å². The van der Waals surface area contributed by atoms with Crippen molar-refractivity contribution in [2.45, 2.75) is 38.7 Å². The fourth-order valence-corrected chi connectivity index (χ4v) is 0.998. The number of hydrogen-bond acceptors (Lipinski definition) is 3. The SMILES string of the molecule is CC[C@@H](CCCC=O)OCOC. The largest absolute Gasteiger partial charge is 0.359 e. The third-order valence-corrected chi connectivity index (χ3v) is 1.73. The maximum atomic E-state index is 10.0. The van der Waals surface area contributed by atoms with Gasteiger partial charge in [0.25, 0.3) is 0 Å². The third kappa shape index (κ3) is 6.31. The zero-order valence-corrected chi connectivity index (χ0v) is 7.91. The van der Waals surface area contributed by atoms with E-state index in [1.807, 2.05) is 0 Å². The standard InChI is InChI=1S/C9H18O3/c1-3-9(12-8-11-2)6-4-5-7-10/h7,9H,3-6,8H2,1-2H3/t9-/m0/s1. The van der Waals surface area contributed by atoms with Crippen molar-refractivity contribution in [2.75, 3.05) is 13.9 Å². The van der Waals surface area contributed by atoms with E-state index in [1.165, 1.54) is 0 Å². The van der Waals surface area contributed by atoms with E-state index < -0.39 is 0 Å². The van der Waals surface area contributed by atoms with Crippen molar-refractivity contribution < 1.29 is 14.3 Å². The van der Waals surface area contributed by atoms with Gasteiger partial charge in [-0.15, -0.1) is 0 Å². The van der Waals surface area contributed by atoms with Crippen molar-refractivity contribution in [3.63, 3.8) is 0 Å². The van der Waals surface area contributed by atoms with E-state index in [0.717, 1.165) is 25.5 Å².